The number of rotatable bonds is 3. The number of hydrogen-bond donors (Lipinski definition) is 1. The first kappa shape index (κ1) is 11.1. The van der Waals surface area contributed by atoms with Crippen LogP contribution in [0.2, 0.25) is 0 Å². The second-order valence-electron chi connectivity index (χ2n) is 3.78. The van der Waals surface area contributed by atoms with E-state index in [2.05, 4.69) is 10.4 Å². The highest BCUT2D eigenvalue weighted by Gasteiger charge is 2.14. The number of nitro benzene ring substituents is 1. The fourth-order valence-corrected chi connectivity index (χ4v) is 1.53. The maximum absolute atomic E-state index is 10.9. The molecule has 0 atom stereocenters. The summed E-state index contributed by atoms with van der Waals surface area (Å²) in [6.07, 6.45) is 1.77. The van der Waals surface area contributed by atoms with E-state index < -0.39 is 4.92 Å². The first-order valence-corrected chi connectivity index (χ1v) is 5.08. The van der Waals surface area contributed by atoms with Gasteiger partial charge in [-0.3, -0.25) is 14.8 Å². The van der Waals surface area contributed by atoms with Crippen LogP contribution in [0.4, 0.5) is 17.2 Å². The molecule has 0 bridgehead atoms. The molecule has 1 heterocycles. The number of nitrogens with one attached hydrogen (secondary N) is 1. The van der Waals surface area contributed by atoms with Crippen molar-refractivity contribution in [1.29, 1.82) is 0 Å². The highest BCUT2D eigenvalue weighted by molar-refractivity contribution is 5.68. The quantitative estimate of drug-likeness (QED) is 0.651. The van der Waals surface area contributed by atoms with Crippen LogP contribution in [0, 0.1) is 17.0 Å². The summed E-state index contributed by atoms with van der Waals surface area (Å²) < 4.78 is 1.63. The minimum Gasteiger partial charge on any atom is -0.333 e. The zero-order valence-electron chi connectivity index (χ0n) is 9.54. The van der Waals surface area contributed by atoms with Gasteiger partial charge >= 0.3 is 0 Å². The SMILES string of the molecule is Cc1ccc([N+](=O)[O-])c(Nc2ccn(C)n2)c1. The summed E-state index contributed by atoms with van der Waals surface area (Å²) in [7, 11) is 1.79. The lowest BCUT2D eigenvalue weighted by Crippen LogP contribution is -1.98. The van der Waals surface area contributed by atoms with E-state index in [1.807, 2.05) is 6.92 Å². The number of hydrogen-bond acceptors (Lipinski definition) is 4. The van der Waals surface area contributed by atoms with Crippen LogP contribution in [-0.2, 0) is 7.05 Å². The van der Waals surface area contributed by atoms with E-state index in [0.717, 1.165) is 5.56 Å². The van der Waals surface area contributed by atoms with Gasteiger partial charge in [-0.15, -0.1) is 0 Å². The Morgan fingerprint density at radius 1 is 1.41 bits per heavy atom. The van der Waals surface area contributed by atoms with Gasteiger partial charge in [0, 0.05) is 25.4 Å². The Morgan fingerprint density at radius 2 is 2.18 bits per heavy atom. The third kappa shape index (κ3) is 2.41. The Balaban J connectivity index is 2.37. The van der Waals surface area contributed by atoms with Gasteiger partial charge < -0.3 is 5.32 Å². The lowest BCUT2D eigenvalue weighted by atomic mass is 10.2. The van der Waals surface area contributed by atoms with E-state index in [1.165, 1.54) is 6.07 Å². The molecule has 0 amide bonds. The Labute approximate surface area is 98.0 Å². The van der Waals surface area contributed by atoms with Gasteiger partial charge in [0.2, 0.25) is 0 Å². The molecule has 0 saturated carbocycles. The molecule has 0 spiro atoms. The van der Waals surface area contributed by atoms with Crippen LogP contribution in [0.15, 0.2) is 30.5 Å². The molecule has 1 aromatic carbocycles. The predicted octanol–water partition coefficient (Wildman–Crippen LogP) is 2.38. The summed E-state index contributed by atoms with van der Waals surface area (Å²) in [6.45, 7) is 1.88. The highest BCUT2D eigenvalue weighted by atomic mass is 16.6. The average molecular weight is 232 g/mol. The Morgan fingerprint density at radius 3 is 2.76 bits per heavy atom. The van der Waals surface area contributed by atoms with Gasteiger partial charge in [-0.25, -0.2) is 0 Å². The molecule has 0 fully saturated rings. The molecule has 0 radical (unpaired) electrons. The Bertz CT molecular complexity index is 562. The zero-order valence-corrected chi connectivity index (χ0v) is 9.54. The van der Waals surface area contributed by atoms with Gasteiger partial charge in [-0.05, 0) is 18.6 Å². The van der Waals surface area contributed by atoms with Crippen molar-refractivity contribution in [2.75, 3.05) is 5.32 Å². The smallest absolute Gasteiger partial charge is 0.292 e. The monoisotopic (exact) mass is 232 g/mol. The average Bonchev–Trinajstić information content (AvgIpc) is 2.63. The molecule has 0 aliphatic carbocycles. The molecule has 2 aromatic rings. The van der Waals surface area contributed by atoms with Crippen LogP contribution in [0.5, 0.6) is 0 Å². The van der Waals surface area contributed by atoms with Crippen molar-refractivity contribution in [3.63, 3.8) is 0 Å². The van der Waals surface area contributed by atoms with Gasteiger partial charge in [0.05, 0.1) is 4.92 Å². The minimum atomic E-state index is -0.412. The van der Waals surface area contributed by atoms with Gasteiger partial charge in [0.1, 0.15) is 5.69 Å². The Kier molecular flexibility index (Phi) is 2.78. The van der Waals surface area contributed by atoms with Crippen molar-refractivity contribution in [2.45, 2.75) is 6.92 Å². The molecule has 6 heteroatoms. The molecule has 6 nitrogen and oxygen atoms in total. The van der Waals surface area contributed by atoms with Crippen molar-refractivity contribution < 1.29 is 4.92 Å². The third-order valence-corrected chi connectivity index (χ3v) is 2.33. The fraction of sp³-hybridized carbons (Fsp3) is 0.182. The van der Waals surface area contributed by atoms with E-state index >= 15 is 0 Å². The molecule has 0 saturated heterocycles. The maximum atomic E-state index is 10.9. The first-order chi connectivity index (χ1) is 8.06. The van der Waals surface area contributed by atoms with Crippen LogP contribution in [-0.4, -0.2) is 14.7 Å². The summed E-state index contributed by atoms with van der Waals surface area (Å²) in [6, 6.07) is 6.68. The number of aromatic nitrogens is 2. The Hall–Kier alpha value is -2.37. The summed E-state index contributed by atoms with van der Waals surface area (Å²) in [5.41, 5.74) is 1.45. The highest BCUT2D eigenvalue weighted by Crippen LogP contribution is 2.27. The minimum absolute atomic E-state index is 0.0428. The van der Waals surface area contributed by atoms with E-state index in [1.54, 1.807) is 36.1 Å². The number of benzene rings is 1. The van der Waals surface area contributed by atoms with Gasteiger partial charge in [0.15, 0.2) is 5.82 Å². The molecular weight excluding hydrogens is 220 g/mol. The fourth-order valence-electron chi connectivity index (χ4n) is 1.53. The summed E-state index contributed by atoms with van der Waals surface area (Å²) in [4.78, 5) is 10.5. The first-order valence-electron chi connectivity index (χ1n) is 5.08. The third-order valence-electron chi connectivity index (χ3n) is 2.33. The van der Waals surface area contributed by atoms with E-state index in [0.29, 0.717) is 11.5 Å². The standard InChI is InChI=1S/C11H12N4O2/c1-8-3-4-10(15(16)17)9(7-8)12-11-5-6-14(2)13-11/h3-7H,1-2H3,(H,12,13). The summed E-state index contributed by atoms with van der Waals surface area (Å²) in [5, 5.41) is 17.9. The number of nitrogens with zero attached hydrogens (tertiary/aromatic N) is 3. The van der Waals surface area contributed by atoms with Crippen LogP contribution >= 0.6 is 0 Å². The molecule has 1 aromatic heterocycles. The summed E-state index contributed by atoms with van der Waals surface area (Å²) in [5.74, 6) is 0.584. The van der Waals surface area contributed by atoms with E-state index in [4.69, 9.17) is 0 Å². The lowest BCUT2D eigenvalue weighted by Gasteiger charge is -2.05. The number of aryl methyl sites for hydroxylation is 2. The number of anilines is 2. The second kappa shape index (κ2) is 4.25. The van der Waals surface area contributed by atoms with Gasteiger partial charge in [0.25, 0.3) is 5.69 Å². The maximum Gasteiger partial charge on any atom is 0.292 e. The largest absolute Gasteiger partial charge is 0.333 e. The number of nitro groups is 1. The van der Waals surface area contributed by atoms with Crippen molar-refractivity contribution in [1.82, 2.24) is 9.78 Å². The molecule has 0 unspecified atom stereocenters. The van der Waals surface area contributed by atoms with Crippen LogP contribution in [0.1, 0.15) is 5.56 Å². The molecule has 0 aliphatic heterocycles. The van der Waals surface area contributed by atoms with Crippen molar-refractivity contribution in [3.8, 4) is 0 Å². The normalized spacial score (nSPS) is 10.2. The molecule has 17 heavy (non-hydrogen) atoms. The van der Waals surface area contributed by atoms with E-state index in [9.17, 15) is 10.1 Å². The van der Waals surface area contributed by atoms with Crippen molar-refractivity contribution in [2.24, 2.45) is 7.05 Å². The molecule has 2 rings (SSSR count). The van der Waals surface area contributed by atoms with Gasteiger partial charge in [-0.2, -0.15) is 5.10 Å². The molecule has 1 N–H and O–H groups in total. The topological polar surface area (TPSA) is 73.0 Å². The van der Waals surface area contributed by atoms with Crippen LogP contribution in [0.3, 0.4) is 0 Å². The lowest BCUT2D eigenvalue weighted by molar-refractivity contribution is -0.383. The van der Waals surface area contributed by atoms with Crippen LogP contribution in [0.25, 0.3) is 0 Å². The van der Waals surface area contributed by atoms with Crippen molar-refractivity contribution in [3.05, 3.63) is 46.1 Å². The summed E-state index contributed by atoms with van der Waals surface area (Å²) >= 11 is 0. The molecular formula is C11H12N4O2. The van der Waals surface area contributed by atoms with Gasteiger partial charge in [-0.1, -0.05) is 6.07 Å². The zero-order chi connectivity index (χ0) is 12.4. The van der Waals surface area contributed by atoms with Crippen LogP contribution < -0.4 is 5.32 Å². The predicted molar refractivity (Wildman–Crippen MR) is 64.3 cm³/mol. The van der Waals surface area contributed by atoms with Crippen molar-refractivity contribution >= 4 is 17.2 Å². The molecule has 88 valence electrons. The molecule has 0 aliphatic rings. The second-order valence-corrected chi connectivity index (χ2v) is 3.78. The van der Waals surface area contributed by atoms with E-state index in [-0.39, 0.29) is 5.69 Å².